The first-order chi connectivity index (χ1) is 17.1. The molecule has 10 heteroatoms. The van der Waals surface area contributed by atoms with Gasteiger partial charge in [-0.3, -0.25) is 28.9 Å². The maximum atomic E-state index is 12.1. The Morgan fingerprint density at radius 3 is 2.19 bits per heavy atom. The smallest absolute Gasteiger partial charge is 0.235 e. The zero-order chi connectivity index (χ0) is 26.6. The van der Waals surface area contributed by atoms with E-state index in [1.54, 1.807) is 26.0 Å². The van der Waals surface area contributed by atoms with E-state index in [1.807, 2.05) is 12.1 Å². The highest BCUT2D eigenvalue weighted by Crippen LogP contribution is 2.31. The van der Waals surface area contributed by atoms with Gasteiger partial charge in [-0.2, -0.15) is 0 Å². The van der Waals surface area contributed by atoms with Crippen molar-refractivity contribution in [2.45, 2.75) is 52.9 Å². The summed E-state index contributed by atoms with van der Waals surface area (Å²) in [5.41, 5.74) is 0.992. The van der Waals surface area contributed by atoms with Crippen LogP contribution < -0.4 is 10.6 Å². The first-order valence-electron chi connectivity index (χ1n) is 12.2. The summed E-state index contributed by atoms with van der Waals surface area (Å²) >= 11 is 0. The number of rotatable bonds is 16. The molecular weight excluding hydrogens is 466 g/mol. The molecule has 2 rings (SSSR count). The second-order valence-corrected chi connectivity index (χ2v) is 9.43. The predicted octanol–water partition coefficient (Wildman–Crippen LogP) is 1.86. The number of hydrogen-bond donors (Lipinski definition) is 2. The van der Waals surface area contributed by atoms with Crippen molar-refractivity contribution in [3.05, 3.63) is 29.8 Å². The minimum absolute atomic E-state index is 0.0421. The van der Waals surface area contributed by atoms with Gasteiger partial charge in [0.1, 0.15) is 5.78 Å². The second kappa shape index (κ2) is 14.4. The Balaban J connectivity index is 1.52. The SMILES string of the molecule is CC(=O)CCNC(=O)CCc1ccc(NC(=O)CCOCCOCCN2C(=O)CC(C)(C)C2=O)cc1. The van der Waals surface area contributed by atoms with Gasteiger partial charge in [-0.1, -0.05) is 26.0 Å². The fourth-order valence-corrected chi connectivity index (χ4v) is 3.60. The van der Waals surface area contributed by atoms with Crippen molar-refractivity contribution in [3.8, 4) is 0 Å². The molecule has 198 valence electrons. The second-order valence-electron chi connectivity index (χ2n) is 9.43. The summed E-state index contributed by atoms with van der Waals surface area (Å²) in [6, 6.07) is 7.28. The van der Waals surface area contributed by atoms with Crippen LogP contribution in [-0.4, -0.2) is 73.8 Å². The van der Waals surface area contributed by atoms with E-state index in [9.17, 15) is 24.0 Å². The molecule has 0 aromatic heterocycles. The average molecular weight is 504 g/mol. The number of nitrogens with one attached hydrogen (secondary N) is 2. The lowest BCUT2D eigenvalue weighted by atomic mass is 9.92. The Morgan fingerprint density at radius 2 is 1.58 bits per heavy atom. The number of carbonyl (C=O) groups is 5. The van der Waals surface area contributed by atoms with Crippen LogP contribution in [0.4, 0.5) is 5.69 Å². The monoisotopic (exact) mass is 503 g/mol. The highest BCUT2D eigenvalue weighted by Gasteiger charge is 2.44. The Kier molecular flexibility index (Phi) is 11.7. The van der Waals surface area contributed by atoms with Crippen LogP contribution in [0.5, 0.6) is 0 Å². The van der Waals surface area contributed by atoms with Crippen LogP contribution in [0, 0.1) is 5.41 Å². The molecule has 0 saturated carbocycles. The quantitative estimate of drug-likeness (QED) is 0.260. The van der Waals surface area contributed by atoms with Gasteiger partial charge in [0.2, 0.25) is 23.6 Å². The summed E-state index contributed by atoms with van der Waals surface area (Å²) in [5, 5.41) is 5.51. The van der Waals surface area contributed by atoms with Crippen molar-refractivity contribution in [1.29, 1.82) is 0 Å². The van der Waals surface area contributed by atoms with Crippen LogP contribution in [0.25, 0.3) is 0 Å². The number of aryl methyl sites for hydroxylation is 1. The van der Waals surface area contributed by atoms with Gasteiger partial charge < -0.3 is 20.1 Å². The first-order valence-corrected chi connectivity index (χ1v) is 12.2. The third-order valence-corrected chi connectivity index (χ3v) is 5.70. The summed E-state index contributed by atoms with van der Waals surface area (Å²) in [7, 11) is 0. The van der Waals surface area contributed by atoms with Crippen LogP contribution in [0.3, 0.4) is 0 Å². The average Bonchev–Trinajstić information content (AvgIpc) is 3.01. The Labute approximate surface area is 212 Å². The number of nitrogens with zero attached hydrogens (tertiary/aromatic N) is 1. The van der Waals surface area contributed by atoms with E-state index < -0.39 is 5.41 Å². The van der Waals surface area contributed by atoms with E-state index in [2.05, 4.69) is 10.6 Å². The number of ketones is 1. The van der Waals surface area contributed by atoms with Crippen molar-refractivity contribution in [3.63, 3.8) is 0 Å². The van der Waals surface area contributed by atoms with Crippen molar-refractivity contribution in [2.75, 3.05) is 44.8 Å². The largest absolute Gasteiger partial charge is 0.379 e. The predicted molar refractivity (Wildman–Crippen MR) is 133 cm³/mol. The lowest BCUT2D eigenvalue weighted by molar-refractivity contribution is -0.141. The highest BCUT2D eigenvalue weighted by atomic mass is 16.5. The van der Waals surface area contributed by atoms with Crippen LogP contribution in [0.15, 0.2) is 24.3 Å². The summed E-state index contributed by atoms with van der Waals surface area (Å²) in [6.45, 7) is 6.70. The van der Waals surface area contributed by atoms with Gasteiger partial charge in [-0.25, -0.2) is 0 Å². The molecule has 1 saturated heterocycles. The van der Waals surface area contributed by atoms with Gasteiger partial charge >= 0.3 is 0 Å². The standard InChI is InChI=1S/C26H37N3O7/c1-19(30)10-12-27-22(31)9-6-20-4-7-21(8-5-20)28-23(32)11-14-35-16-17-36-15-13-29-24(33)18-26(2,3)25(29)34/h4-5,7-8H,6,9-18H2,1-3H3,(H,27,31)(H,28,32). The van der Waals surface area contributed by atoms with Gasteiger partial charge in [0.05, 0.1) is 44.8 Å². The van der Waals surface area contributed by atoms with Gasteiger partial charge in [0.25, 0.3) is 0 Å². The Bertz CT molecular complexity index is 928. The first kappa shape index (κ1) is 29.1. The highest BCUT2D eigenvalue weighted by molar-refractivity contribution is 6.05. The molecule has 0 aliphatic carbocycles. The van der Waals surface area contributed by atoms with Crippen LogP contribution in [0.1, 0.15) is 52.0 Å². The zero-order valence-electron chi connectivity index (χ0n) is 21.4. The Morgan fingerprint density at radius 1 is 0.917 bits per heavy atom. The van der Waals surface area contributed by atoms with E-state index in [1.165, 1.54) is 11.8 Å². The molecule has 1 aliphatic rings. The summed E-state index contributed by atoms with van der Waals surface area (Å²) in [4.78, 5) is 60.0. The van der Waals surface area contributed by atoms with Crippen LogP contribution >= 0.6 is 0 Å². The van der Waals surface area contributed by atoms with Crippen LogP contribution in [0.2, 0.25) is 0 Å². The molecule has 1 fully saturated rings. The summed E-state index contributed by atoms with van der Waals surface area (Å²) in [5.74, 6) is -0.573. The lowest BCUT2D eigenvalue weighted by Crippen LogP contribution is -2.35. The fourth-order valence-electron chi connectivity index (χ4n) is 3.60. The molecule has 36 heavy (non-hydrogen) atoms. The topological polar surface area (TPSA) is 131 Å². The van der Waals surface area contributed by atoms with Crippen molar-refractivity contribution in [1.82, 2.24) is 10.2 Å². The van der Waals surface area contributed by atoms with Crippen molar-refractivity contribution < 1.29 is 33.4 Å². The summed E-state index contributed by atoms with van der Waals surface area (Å²) in [6.07, 6.45) is 1.65. The maximum Gasteiger partial charge on any atom is 0.235 e. The lowest BCUT2D eigenvalue weighted by Gasteiger charge is -2.17. The molecule has 1 aliphatic heterocycles. The van der Waals surface area contributed by atoms with Crippen LogP contribution in [-0.2, 0) is 39.9 Å². The molecule has 0 bridgehead atoms. The number of imide groups is 1. The number of carbonyl (C=O) groups excluding carboxylic acids is 5. The van der Waals surface area contributed by atoms with Crippen molar-refractivity contribution in [2.24, 2.45) is 5.41 Å². The number of ether oxygens (including phenoxy) is 2. The third-order valence-electron chi connectivity index (χ3n) is 5.70. The van der Waals surface area contributed by atoms with Gasteiger partial charge in [-0.15, -0.1) is 0 Å². The molecule has 1 aromatic rings. The third kappa shape index (κ3) is 10.2. The van der Waals surface area contributed by atoms with Gasteiger partial charge in [0, 0.05) is 31.5 Å². The van der Waals surface area contributed by atoms with E-state index >= 15 is 0 Å². The maximum absolute atomic E-state index is 12.1. The normalized spacial score (nSPS) is 14.7. The van der Waals surface area contributed by atoms with E-state index in [0.29, 0.717) is 44.7 Å². The van der Waals surface area contributed by atoms with E-state index in [4.69, 9.17) is 9.47 Å². The van der Waals surface area contributed by atoms with Crippen molar-refractivity contribution >= 4 is 35.1 Å². The Hall–Kier alpha value is -3.11. The minimum Gasteiger partial charge on any atom is -0.379 e. The molecule has 0 radical (unpaired) electrons. The molecule has 1 aromatic carbocycles. The van der Waals surface area contributed by atoms with Gasteiger partial charge in [0.15, 0.2) is 0 Å². The van der Waals surface area contributed by atoms with E-state index in [0.717, 1.165) is 5.56 Å². The molecule has 10 nitrogen and oxygen atoms in total. The zero-order valence-corrected chi connectivity index (χ0v) is 21.4. The molecule has 1 heterocycles. The molecule has 2 N–H and O–H groups in total. The van der Waals surface area contributed by atoms with Gasteiger partial charge in [-0.05, 0) is 31.0 Å². The molecular formula is C26H37N3O7. The molecule has 4 amide bonds. The fraction of sp³-hybridized carbons (Fsp3) is 0.577. The minimum atomic E-state index is -0.640. The summed E-state index contributed by atoms with van der Waals surface area (Å²) < 4.78 is 10.8. The number of hydrogen-bond acceptors (Lipinski definition) is 7. The molecule has 0 spiro atoms. The number of anilines is 1. The molecule has 0 unspecified atom stereocenters. The molecule has 0 atom stereocenters. The number of amides is 4. The number of Topliss-reactive ketones (excluding diaryl/α,β-unsaturated/α-hetero) is 1. The number of benzene rings is 1. The number of likely N-dealkylation sites (tertiary alicyclic amines) is 1. The van der Waals surface area contributed by atoms with E-state index in [-0.39, 0.29) is 62.0 Å².